The van der Waals surface area contributed by atoms with Crippen molar-refractivity contribution in [1.29, 1.82) is 0 Å². The molecule has 3 heteroatoms. The molecule has 2 heterocycles. The van der Waals surface area contributed by atoms with Gasteiger partial charge in [-0.05, 0) is 38.5 Å². The molecule has 0 spiro atoms. The van der Waals surface area contributed by atoms with Crippen molar-refractivity contribution >= 4 is 5.91 Å². The zero-order valence-corrected chi connectivity index (χ0v) is 11.7. The molecular weight excluding hydrogens is 238 g/mol. The summed E-state index contributed by atoms with van der Waals surface area (Å²) in [6.45, 7) is 6.12. The van der Waals surface area contributed by atoms with Gasteiger partial charge in [-0.2, -0.15) is 0 Å². The van der Waals surface area contributed by atoms with Crippen LogP contribution in [0.15, 0.2) is 12.2 Å². The fourth-order valence-electron chi connectivity index (χ4n) is 3.54. The zero-order chi connectivity index (χ0) is 14.0. The fraction of sp³-hybridized carbons (Fsp3) is 0.688. The van der Waals surface area contributed by atoms with Crippen LogP contribution in [0.25, 0.3) is 0 Å². The van der Waals surface area contributed by atoms with Crippen LogP contribution in [0.2, 0.25) is 0 Å². The van der Waals surface area contributed by atoms with Gasteiger partial charge in [0.05, 0.1) is 17.7 Å². The third kappa shape index (κ3) is 2.30. The van der Waals surface area contributed by atoms with Crippen molar-refractivity contribution in [1.82, 2.24) is 4.90 Å². The molecule has 1 amide bonds. The molecule has 19 heavy (non-hydrogen) atoms. The molecule has 3 atom stereocenters. The first-order valence-electron chi connectivity index (χ1n) is 7.18. The van der Waals surface area contributed by atoms with E-state index in [-0.39, 0.29) is 11.9 Å². The van der Waals surface area contributed by atoms with Gasteiger partial charge in [0.2, 0.25) is 5.91 Å². The molecule has 0 aliphatic carbocycles. The number of amides is 1. The topological polar surface area (TPSA) is 40.5 Å². The summed E-state index contributed by atoms with van der Waals surface area (Å²) in [7, 11) is 0. The molecule has 1 N–H and O–H groups in total. The number of fused-ring (bicyclic) bond motifs is 1. The lowest BCUT2D eigenvalue weighted by atomic mass is 9.81. The Morgan fingerprint density at radius 2 is 2.37 bits per heavy atom. The molecule has 0 aromatic carbocycles. The zero-order valence-electron chi connectivity index (χ0n) is 11.7. The fourth-order valence-corrected chi connectivity index (χ4v) is 3.54. The third-order valence-corrected chi connectivity index (χ3v) is 4.65. The summed E-state index contributed by atoms with van der Waals surface area (Å²) < 4.78 is 0. The molecule has 0 saturated carbocycles. The number of terminal acetylenes is 1. The highest BCUT2D eigenvalue weighted by atomic mass is 16.3. The molecule has 104 valence electrons. The lowest BCUT2D eigenvalue weighted by Crippen LogP contribution is -2.56. The Kier molecular flexibility index (Phi) is 4.01. The van der Waals surface area contributed by atoms with Gasteiger partial charge < -0.3 is 10.0 Å². The number of hydrogen-bond donors (Lipinski definition) is 1. The second-order valence-corrected chi connectivity index (χ2v) is 5.78. The molecule has 0 bridgehead atoms. The molecule has 2 fully saturated rings. The second kappa shape index (κ2) is 5.38. The van der Waals surface area contributed by atoms with Crippen LogP contribution in [-0.2, 0) is 4.79 Å². The monoisotopic (exact) mass is 261 g/mol. The standard InChI is InChI=1S/C16H23NO2/c1-4-12(3)11-16-10-9-13(5-2)17(16)15(19)8-6-7-14(16)18/h2,13-14,18H,3-4,6-11H2,1H3/t13-,14-,16+/m1/s1. The second-order valence-electron chi connectivity index (χ2n) is 5.78. The molecule has 2 aliphatic heterocycles. The lowest BCUT2D eigenvalue weighted by molar-refractivity contribution is -0.139. The maximum absolute atomic E-state index is 12.4. The molecule has 2 aliphatic rings. The number of aliphatic hydroxyl groups excluding tert-OH is 1. The van der Waals surface area contributed by atoms with Gasteiger partial charge in [-0.25, -0.2) is 0 Å². The van der Waals surface area contributed by atoms with Crippen LogP contribution in [-0.4, -0.2) is 33.6 Å². The minimum absolute atomic E-state index is 0.0981. The largest absolute Gasteiger partial charge is 0.391 e. The van der Waals surface area contributed by atoms with Crippen molar-refractivity contribution in [2.45, 2.75) is 69.6 Å². The number of carbonyl (C=O) groups is 1. The lowest BCUT2D eigenvalue weighted by Gasteiger charge is -2.42. The Morgan fingerprint density at radius 3 is 3.00 bits per heavy atom. The highest BCUT2D eigenvalue weighted by molar-refractivity contribution is 5.79. The van der Waals surface area contributed by atoms with Gasteiger partial charge in [0, 0.05) is 6.42 Å². The minimum atomic E-state index is -0.502. The van der Waals surface area contributed by atoms with E-state index in [0.29, 0.717) is 19.3 Å². The Balaban J connectivity index is 2.39. The maximum atomic E-state index is 12.4. The number of hydrogen-bond acceptors (Lipinski definition) is 2. The summed E-state index contributed by atoms with van der Waals surface area (Å²) >= 11 is 0. The van der Waals surface area contributed by atoms with E-state index in [1.165, 1.54) is 0 Å². The Labute approximate surface area is 115 Å². The Morgan fingerprint density at radius 1 is 1.63 bits per heavy atom. The van der Waals surface area contributed by atoms with E-state index >= 15 is 0 Å². The number of aliphatic hydroxyl groups is 1. The molecular formula is C16H23NO2. The smallest absolute Gasteiger partial charge is 0.224 e. The predicted molar refractivity (Wildman–Crippen MR) is 75.3 cm³/mol. The van der Waals surface area contributed by atoms with E-state index in [2.05, 4.69) is 19.4 Å². The number of rotatable bonds is 3. The van der Waals surface area contributed by atoms with Crippen LogP contribution < -0.4 is 0 Å². The maximum Gasteiger partial charge on any atom is 0.224 e. The summed E-state index contributed by atoms with van der Waals surface area (Å²) in [6.07, 6.45) is 10.1. The van der Waals surface area contributed by atoms with Crippen molar-refractivity contribution in [2.75, 3.05) is 0 Å². The SMILES string of the molecule is C#C[C@@H]1CC[C@]2(CC(=C)CC)[C@H](O)CCCC(=O)N12. The molecule has 2 saturated heterocycles. The quantitative estimate of drug-likeness (QED) is 0.625. The van der Waals surface area contributed by atoms with Crippen molar-refractivity contribution < 1.29 is 9.90 Å². The molecule has 0 aromatic rings. The average molecular weight is 261 g/mol. The molecule has 2 rings (SSSR count). The first kappa shape index (κ1) is 14.1. The van der Waals surface area contributed by atoms with E-state index in [0.717, 1.165) is 31.3 Å². The van der Waals surface area contributed by atoms with E-state index in [9.17, 15) is 9.90 Å². The van der Waals surface area contributed by atoms with E-state index in [1.807, 2.05) is 4.90 Å². The van der Waals surface area contributed by atoms with Crippen molar-refractivity contribution in [3.8, 4) is 12.3 Å². The molecule has 0 unspecified atom stereocenters. The normalized spacial score (nSPS) is 34.6. The van der Waals surface area contributed by atoms with Crippen LogP contribution in [0.1, 0.15) is 51.9 Å². The van der Waals surface area contributed by atoms with Gasteiger partial charge in [0.1, 0.15) is 0 Å². The minimum Gasteiger partial charge on any atom is -0.391 e. The van der Waals surface area contributed by atoms with E-state index in [4.69, 9.17) is 6.42 Å². The Hall–Kier alpha value is -1.27. The first-order valence-corrected chi connectivity index (χ1v) is 7.18. The summed E-state index contributed by atoms with van der Waals surface area (Å²) in [5.41, 5.74) is 0.578. The van der Waals surface area contributed by atoms with Gasteiger partial charge in [0.15, 0.2) is 0 Å². The van der Waals surface area contributed by atoms with Gasteiger partial charge in [-0.15, -0.1) is 6.42 Å². The van der Waals surface area contributed by atoms with Crippen LogP contribution in [0.4, 0.5) is 0 Å². The van der Waals surface area contributed by atoms with Gasteiger partial charge in [-0.1, -0.05) is 25.0 Å². The first-order chi connectivity index (χ1) is 9.05. The van der Waals surface area contributed by atoms with Crippen LogP contribution in [0.3, 0.4) is 0 Å². The van der Waals surface area contributed by atoms with Crippen molar-refractivity contribution in [3.05, 3.63) is 12.2 Å². The Bertz CT molecular complexity index is 423. The summed E-state index contributed by atoms with van der Waals surface area (Å²) in [4.78, 5) is 14.2. The molecule has 3 nitrogen and oxygen atoms in total. The van der Waals surface area contributed by atoms with Gasteiger partial charge in [-0.3, -0.25) is 4.79 Å². The third-order valence-electron chi connectivity index (χ3n) is 4.65. The van der Waals surface area contributed by atoms with Crippen LogP contribution in [0.5, 0.6) is 0 Å². The highest BCUT2D eigenvalue weighted by Gasteiger charge is 2.53. The highest BCUT2D eigenvalue weighted by Crippen LogP contribution is 2.44. The van der Waals surface area contributed by atoms with Crippen molar-refractivity contribution in [2.24, 2.45) is 0 Å². The molecule has 0 radical (unpaired) electrons. The van der Waals surface area contributed by atoms with Crippen LogP contribution >= 0.6 is 0 Å². The van der Waals surface area contributed by atoms with Gasteiger partial charge in [0.25, 0.3) is 0 Å². The van der Waals surface area contributed by atoms with Crippen LogP contribution in [0, 0.1) is 12.3 Å². The summed E-state index contributed by atoms with van der Waals surface area (Å²) in [5.74, 6) is 2.82. The predicted octanol–water partition coefficient (Wildman–Crippen LogP) is 2.25. The van der Waals surface area contributed by atoms with Crippen molar-refractivity contribution in [3.63, 3.8) is 0 Å². The summed E-state index contributed by atoms with van der Waals surface area (Å²) in [5, 5.41) is 10.6. The van der Waals surface area contributed by atoms with E-state index < -0.39 is 11.6 Å². The average Bonchev–Trinajstić information content (AvgIpc) is 2.72. The van der Waals surface area contributed by atoms with Gasteiger partial charge >= 0.3 is 0 Å². The van der Waals surface area contributed by atoms with E-state index in [1.54, 1.807) is 0 Å². The number of carbonyl (C=O) groups excluding carboxylic acids is 1. The summed E-state index contributed by atoms with van der Waals surface area (Å²) in [6, 6.07) is -0.162. The molecule has 0 aromatic heterocycles. The number of nitrogens with zero attached hydrogens (tertiary/aromatic N) is 1.